The number of hydrogen-bond acceptors (Lipinski definition) is 9. The number of amides is 2. The van der Waals surface area contributed by atoms with Crippen molar-refractivity contribution < 1.29 is 36.4 Å². The van der Waals surface area contributed by atoms with Crippen LogP contribution in [0.5, 0.6) is 11.5 Å². The van der Waals surface area contributed by atoms with Gasteiger partial charge in [0, 0.05) is 13.2 Å². The zero-order valence-corrected chi connectivity index (χ0v) is 18.3. The van der Waals surface area contributed by atoms with Crippen molar-refractivity contribution in [2.45, 2.75) is 4.90 Å². The largest absolute Gasteiger partial charge is 0.497 e. The van der Waals surface area contributed by atoms with Crippen molar-refractivity contribution in [2.24, 2.45) is 10.7 Å². The molecule has 32 heavy (non-hydrogen) atoms. The smallest absolute Gasteiger partial charge is 0.413 e. The predicted octanol–water partition coefficient (Wildman–Crippen LogP) is 1.35. The summed E-state index contributed by atoms with van der Waals surface area (Å²) in [5.74, 6) is -0.492. The van der Waals surface area contributed by atoms with E-state index in [0.29, 0.717) is 5.75 Å². The van der Waals surface area contributed by atoms with Crippen LogP contribution in [0, 0.1) is 0 Å². The minimum Gasteiger partial charge on any atom is -0.497 e. The van der Waals surface area contributed by atoms with Crippen LogP contribution in [0.25, 0.3) is 0 Å². The number of nitrogens with one attached hydrogen (secondary N) is 2. The fourth-order valence-electron chi connectivity index (χ4n) is 2.32. The van der Waals surface area contributed by atoms with E-state index in [0.717, 1.165) is 13.2 Å². The molecule has 0 aliphatic heterocycles. The topological polar surface area (TPSA) is 168 Å². The molecule has 0 saturated heterocycles. The maximum absolute atomic E-state index is 12.8. The number of carbonyl (C=O) groups is 2. The molecule has 0 bridgehead atoms. The summed E-state index contributed by atoms with van der Waals surface area (Å²) in [5.41, 5.74) is 5.70. The molecular weight excluding hydrogens is 444 g/mol. The molecule has 2 aromatic rings. The average molecular weight is 466 g/mol. The molecular formula is C19H22N4O8S. The normalized spacial score (nSPS) is 11.4. The Morgan fingerprint density at radius 3 is 2.44 bits per heavy atom. The van der Waals surface area contributed by atoms with Gasteiger partial charge in [-0.3, -0.25) is 10.1 Å². The molecule has 4 N–H and O–H groups in total. The van der Waals surface area contributed by atoms with Crippen molar-refractivity contribution in [1.82, 2.24) is 5.32 Å². The van der Waals surface area contributed by atoms with E-state index in [9.17, 15) is 18.0 Å². The Bertz CT molecular complexity index is 1120. The van der Waals surface area contributed by atoms with Gasteiger partial charge in [-0.2, -0.15) is 8.42 Å². The molecule has 0 spiro atoms. The van der Waals surface area contributed by atoms with Crippen molar-refractivity contribution in [2.75, 3.05) is 33.3 Å². The van der Waals surface area contributed by atoms with Gasteiger partial charge in [0.2, 0.25) is 11.9 Å². The number of aliphatic imine (C=N–C) groups is 1. The number of benzene rings is 2. The lowest BCUT2D eigenvalue weighted by Gasteiger charge is -2.12. The summed E-state index contributed by atoms with van der Waals surface area (Å²) >= 11 is 0. The van der Waals surface area contributed by atoms with Crippen LogP contribution in [0.15, 0.2) is 52.4 Å². The molecule has 0 aromatic heterocycles. The second-order valence-electron chi connectivity index (χ2n) is 5.99. The number of nitrogens with two attached hydrogens (primary N) is 1. The number of nitrogens with zero attached hydrogens (tertiary/aromatic N) is 1. The summed E-state index contributed by atoms with van der Waals surface area (Å²) in [6.45, 7) is -0.252. The van der Waals surface area contributed by atoms with Crippen molar-refractivity contribution in [3.8, 4) is 11.5 Å². The summed E-state index contributed by atoms with van der Waals surface area (Å²) in [5, 5.41) is 4.63. The number of methoxy groups -OCH3 is 3. The third-order valence-electron chi connectivity index (χ3n) is 3.71. The Balaban J connectivity index is 2.43. The first-order chi connectivity index (χ1) is 15.2. The van der Waals surface area contributed by atoms with Gasteiger partial charge in [0.05, 0.1) is 25.6 Å². The SMILES string of the molecule is COCC(=O)Nc1ccc(S(=O)(=O)Oc2cccc(OC)c2)cc1N=C(N)NC(=O)OC. The van der Waals surface area contributed by atoms with Crippen LogP contribution in [0.1, 0.15) is 0 Å². The van der Waals surface area contributed by atoms with Gasteiger partial charge >= 0.3 is 16.2 Å². The number of carbonyl (C=O) groups excluding carboxylic acids is 2. The molecule has 0 saturated carbocycles. The minimum absolute atomic E-state index is 0.0266. The lowest BCUT2D eigenvalue weighted by Crippen LogP contribution is -2.36. The molecule has 2 aromatic carbocycles. The van der Waals surface area contributed by atoms with Crippen LogP contribution >= 0.6 is 0 Å². The van der Waals surface area contributed by atoms with E-state index in [1.807, 2.05) is 0 Å². The van der Waals surface area contributed by atoms with Gasteiger partial charge in [-0.1, -0.05) is 6.07 Å². The summed E-state index contributed by atoms with van der Waals surface area (Å²) in [6.07, 6.45) is -0.888. The third kappa shape index (κ3) is 6.85. The number of hydrogen-bond donors (Lipinski definition) is 3. The third-order valence-corrected chi connectivity index (χ3v) is 4.95. The summed E-state index contributed by atoms with van der Waals surface area (Å²) in [4.78, 5) is 26.9. The first-order valence-corrected chi connectivity index (χ1v) is 10.3. The second kappa shape index (κ2) is 11.0. The monoisotopic (exact) mass is 466 g/mol. The van der Waals surface area contributed by atoms with Gasteiger partial charge in [0.1, 0.15) is 23.0 Å². The van der Waals surface area contributed by atoms with E-state index in [4.69, 9.17) is 19.4 Å². The fourth-order valence-corrected chi connectivity index (χ4v) is 3.27. The molecule has 2 amide bonds. The molecule has 0 aliphatic carbocycles. The lowest BCUT2D eigenvalue weighted by molar-refractivity contribution is -0.119. The van der Waals surface area contributed by atoms with Crippen LogP contribution < -0.4 is 25.3 Å². The number of ether oxygens (including phenoxy) is 3. The van der Waals surface area contributed by atoms with Crippen LogP contribution in [0.4, 0.5) is 16.2 Å². The van der Waals surface area contributed by atoms with E-state index in [-0.39, 0.29) is 28.6 Å². The van der Waals surface area contributed by atoms with Gasteiger partial charge in [-0.05, 0) is 30.3 Å². The fraction of sp³-hybridized carbons (Fsp3) is 0.211. The number of anilines is 1. The van der Waals surface area contributed by atoms with Crippen LogP contribution in [0.3, 0.4) is 0 Å². The quantitative estimate of drug-likeness (QED) is 0.295. The average Bonchev–Trinajstić information content (AvgIpc) is 2.74. The van der Waals surface area contributed by atoms with E-state index in [2.05, 4.69) is 20.4 Å². The molecule has 0 unspecified atom stereocenters. The highest BCUT2D eigenvalue weighted by Crippen LogP contribution is 2.30. The summed E-state index contributed by atoms with van der Waals surface area (Å²) in [7, 11) is -0.400. The highest BCUT2D eigenvalue weighted by atomic mass is 32.2. The van der Waals surface area contributed by atoms with Crippen LogP contribution in [-0.2, 0) is 24.4 Å². The minimum atomic E-state index is -4.29. The number of alkyl carbamates (subject to hydrolysis) is 1. The molecule has 0 radical (unpaired) electrons. The Kier molecular flexibility index (Phi) is 8.38. The maximum atomic E-state index is 12.8. The maximum Gasteiger partial charge on any atom is 0.413 e. The molecule has 2 rings (SSSR count). The molecule has 12 nitrogen and oxygen atoms in total. The first kappa shape index (κ1) is 24.4. The molecule has 0 fully saturated rings. The number of guanidine groups is 1. The Hall–Kier alpha value is -3.84. The van der Waals surface area contributed by atoms with Crippen molar-refractivity contribution in [3.63, 3.8) is 0 Å². The van der Waals surface area contributed by atoms with E-state index < -0.39 is 28.1 Å². The van der Waals surface area contributed by atoms with Gasteiger partial charge in [0.25, 0.3) is 0 Å². The number of rotatable bonds is 8. The first-order valence-electron chi connectivity index (χ1n) is 8.89. The zero-order chi connectivity index (χ0) is 23.7. The standard InChI is InChI=1S/C19H22N4O8S/c1-28-11-17(24)21-15-8-7-14(10-16(15)22-18(20)23-19(25)30-3)32(26,27)31-13-6-4-5-12(9-13)29-2/h4-10H,11H2,1-3H3,(H,21,24)(H3,20,22,23,25). The highest BCUT2D eigenvalue weighted by molar-refractivity contribution is 7.87. The van der Waals surface area contributed by atoms with Crippen molar-refractivity contribution in [1.29, 1.82) is 0 Å². The zero-order valence-electron chi connectivity index (χ0n) is 17.4. The second-order valence-corrected chi connectivity index (χ2v) is 7.54. The van der Waals surface area contributed by atoms with Gasteiger partial charge < -0.3 is 29.4 Å². The van der Waals surface area contributed by atoms with Crippen molar-refractivity contribution in [3.05, 3.63) is 42.5 Å². The lowest BCUT2D eigenvalue weighted by atomic mass is 10.2. The molecule has 0 heterocycles. The molecule has 172 valence electrons. The predicted molar refractivity (Wildman–Crippen MR) is 115 cm³/mol. The van der Waals surface area contributed by atoms with E-state index >= 15 is 0 Å². The summed E-state index contributed by atoms with van der Waals surface area (Å²) < 4.78 is 44.9. The van der Waals surface area contributed by atoms with Gasteiger partial charge in [-0.15, -0.1) is 0 Å². The van der Waals surface area contributed by atoms with E-state index in [1.54, 1.807) is 12.1 Å². The Morgan fingerprint density at radius 2 is 1.78 bits per heavy atom. The Labute approximate surface area is 184 Å². The van der Waals surface area contributed by atoms with Crippen LogP contribution in [0.2, 0.25) is 0 Å². The van der Waals surface area contributed by atoms with Gasteiger partial charge in [-0.25, -0.2) is 9.79 Å². The molecule has 0 atom stereocenters. The summed E-state index contributed by atoms with van der Waals surface area (Å²) in [6, 6.07) is 9.64. The molecule has 0 aliphatic rings. The van der Waals surface area contributed by atoms with E-state index in [1.165, 1.54) is 38.5 Å². The van der Waals surface area contributed by atoms with Crippen molar-refractivity contribution >= 4 is 39.5 Å². The Morgan fingerprint density at radius 1 is 1.06 bits per heavy atom. The highest BCUT2D eigenvalue weighted by Gasteiger charge is 2.20. The molecule has 13 heteroatoms. The van der Waals surface area contributed by atoms with Crippen LogP contribution in [-0.4, -0.2) is 54.3 Å². The van der Waals surface area contributed by atoms with Gasteiger partial charge in [0.15, 0.2) is 0 Å².